The van der Waals surface area contributed by atoms with Crippen LogP contribution in [0.15, 0.2) is 30.3 Å². The molecule has 1 aromatic heterocycles. The van der Waals surface area contributed by atoms with Gasteiger partial charge >= 0.3 is 0 Å². The monoisotopic (exact) mass is 382 g/mol. The van der Waals surface area contributed by atoms with Crippen molar-refractivity contribution >= 4 is 23.2 Å². The number of pyridine rings is 1. The van der Waals surface area contributed by atoms with Crippen molar-refractivity contribution in [3.05, 3.63) is 57.2 Å². The highest BCUT2D eigenvalue weighted by atomic mass is 35.5. The number of rotatable bonds is 5. The SMILES string of the molecule is Cc1nc(OC2CCOC2)ccc1[C@@H](O)[C@@H](N)c1ccc(Cl)c(Cl)c1. The van der Waals surface area contributed by atoms with Gasteiger partial charge in [-0.3, -0.25) is 0 Å². The van der Waals surface area contributed by atoms with Gasteiger partial charge in [-0.15, -0.1) is 0 Å². The summed E-state index contributed by atoms with van der Waals surface area (Å²) in [5, 5.41) is 11.5. The Balaban J connectivity index is 1.76. The van der Waals surface area contributed by atoms with Crippen molar-refractivity contribution in [2.45, 2.75) is 31.6 Å². The van der Waals surface area contributed by atoms with E-state index in [1.54, 1.807) is 30.3 Å². The van der Waals surface area contributed by atoms with Crippen LogP contribution in [0.5, 0.6) is 5.88 Å². The summed E-state index contributed by atoms with van der Waals surface area (Å²) < 4.78 is 11.1. The Bertz CT molecular complexity index is 751. The summed E-state index contributed by atoms with van der Waals surface area (Å²) in [4.78, 5) is 4.42. The fourth-order valence-corrected chi connectivity index (χ4v) is 3.11. The quantitative estimate of drug-likeness (QED) is 0.825. The summed E-state index contributed by atoms with van der Waals surface area (Å²) in [6.07, 6.45) is -0.0393. The number of halogens is 2. The standard InChI is InChI=1S/C18H20Cl2N2O3/c1-10-13(3-5-16(22-10)25-12-6-7-24-9-12)18(23)17(21)11-2-4-14(19)15(20)8-11/h2-5,8,12,17-18,23H,6-7,9,21H2,1H3/t12?,17-,18+/m0/s1. The topological polar surface area (TPSA) is 77.6 Å². The summed E-state index contributed by atoms with van der Waals surface area (Å²) in [7, 11) is 0. The number of benzene rings is 1. The van der Waals surface area contributed by atoms with Gasteiger partial charge in [-0.05, 0) is 30.7 Å². The van der Waals surface area contributed by atoms with Crippen LogP contribution in [0, 0.1) is 6.92 Å². The van der Waals surface area contributed by atoms with E-state index >= 15 is 0 Å². The molecule has 1 unspecified atom stereocenters. The van der Waals surface area contributed by atoms with Gasteiger partial charge in [0.15, 0.2) is 0 Å². The second-order valence-electron chi connectivity index (χ2n) is 6.07. The Morgan fingerprint density at radius 2 is 2.08 bits per heavy atom. The number of nitrogens with two attached hydrogens (primary N) is 1. The van der Waals surface area contributed by atoms with Gasteiger partial charge in [0.1, 0.15) is 6.10 Å². The summed E-state index contributed by atoms with van der Waals surface area (Å²) in [5.41, 5.74) is 8.21. The van der Waals surface area contributed by atoms with Gasteiger partial charge < -0.3 is 20.3 Å². The van der Waals surface area contributed by atoms with E-state index in [4.69, 9.17) is 38.4 Å². The van der Waals surface area contributed by atoms with Crippen molar-refractivity contribution in [2.24, 2.45) is 5.73 Å². The van der Waals surface area contributed by atoms with Gasteiger partial charge in [-0.1, -0.05) is 29.3 Å². The molecule has 3 N–H and O–H groups in total. The first-order chi connectivity index (χ1) is 12.0. The van der Waals surface area contributed by atoms with Crippen LogP contribution in [0.1, 0.15) is 35.4 Å². The molecule has 1 aliphatic rings. The first-order valence-corrected chi connectivity index (χ1v) is 8.82. The van der Waals surface area contributed by atoms with Crippen LogP contribution in [-0.4, -0.2) is 29.4 Å². The van der Waals surface area contributed by atoms with Crippen molar-refractivity contribution in [1.29, 1.82) is 0 Å². The van der Waals surface area contributed by atoms with E-state index in [2.05, 4.69) is 4.98 Å². The van der Waals surface area contributed by atoms with E-state index in [9.17, 15) is 5.11 Å². The zero-order valence-corrected chi connectivity index (χ0v) is 15.3. The number of ether oxygens (including phenoxy) is 2. The molecule has 3 rings (SSSR count). The molecule has 0 aliphatic carbocycles. The maximum atomic E-state index is 10.7. The van der Waals surface area contributed by atoms with Gasteiger partial charge in [0.05, 0.1) is 35.4 Å². The van der Waals surface area contributed by atoms with Gasteiger partial charge in [0.25, 0.3) is 0 Å². The molecule has 2 heterocycles. The third-order valence-electron chi connectivity index (χ3n) is 4.26. The highest BCUT2D eigenvalue weighted by Crippen LogP contribution is 2.32. The van der Waals surface area contributed by atoms with Crippen LogP contribution < -0.4 is 10.5 Å². The normalized spacial score (nSPS) is 19.6. The maximum absolute atomic E-state index is 10.7. The van der Waals surface area contributed by atoms with Crippen LogP contribution in [0.2, 0.25) is 10.0 Å². The molecular weight excluding hydrogens is 363 g/mol. The molecule has 1 fully saturated rings. The number of nitrogens with zero attached hydrogens (tertiary/aromatic N) is 1. The van der Waals surface area contributed by atoms with Gasteiger partial charge in [-0.25, -0.2) is 4.98 Å². The molecule has 25 heavy (non-hydrogen) atoms. The molecule has 0 amide bonds. The predicted octanol–water partition coefficient (Wildman–Crippen LogP) is 3.60. The first-order valence-electron chi connectivity index (χ1n) is 8.06. The van der Waals surface area contributed by atoms with Crippen molar-refractivity contribution in [2.75, 3.05) is 13.2 Å². The number of aliphatic hydroxyl groups excluding tert-OH is 1. The zero-order valence-electron chi connectivity index (χ0n) is 13.8. The molecule has 0 spiro atoms. The van der Waals surface area contributed by atoms with Crippen LogP contribution in [-0.2, 0) is 4.74 Å². The third kappa shape index (κ3) is 4.25. The van der Waals surface area contributed by atoms with Crippen LogP contribution in [0.3, 0.4) is 0 Å². The molecule has 2 aromatic rings. The molecular formula is C18H20Cl2N2O3. The average Bonchev–Trinajstić information content (AvgIpc) is 3.09. The summed E-state index contributed by atoms with van der Waals surface area (Å²) in [6.45, 7) is 3.10. The molecule has 7 heteroatoms. The molecule has 134 valence electrons. The molecule has 3 atom stereocenters. The summed E-state index contributed by atoms with van der Waals surface area (Å²) in [5.74, 6) is 0.520. The van der Waals surface area contributed by atoms with Crippen LogP contribution >= 0.6 is 23.2 Å². The van der Waals surface area contributed by atoms with Crippen molar-refractivity contribution in [3.8, 4) is 5.88 Å². The molecule has 0 radical (unpaired) electrons. The van der Waals surface area contributed by atoms with E-state index in [1.807, 2.05) is 6.92 Å². The van der Waals surface area contributed by atoms with E-state index in [0.717, 1.165) is 6.42 Å². The molecule has 0 bridgehead atoms. The van der Waals surface area contributed by atoms with Gasteiger partial charge in [-0.2, -0.15) is 0 Å². The Labute approximate surface area is 156 Å². The van der Waals surface area contributed by atoms with Gasteiger partial charge in [0.2, 0.25) is 5.88 Å². The smallest absolute Gasteiger partial charge is 0.213 e. The number of aryl methyl sites for hydroxylation is 1. The molecule has 1 saturated heterocycles. The van der Waals surface area contributed by atoms with E-state index < -0.39 is 12.1 Å². The molecule has 5 nitrogen and oxygen atoms in total. The van der Waals surface area contributed by atoms with Crippen molar-refractivity contribution < 1.29 is 14.6 Å². The first kappa shape index (κ1) is 18.4. The maximum Gasteiger partial charge on any atom is 0.213 e. The molecule has 1 aromatic carbocycles. The average molecular weight is 383 g/mol. The minimum atomic E-state index is -0.923. The third-order valence-corrected chi connectivity index (χ3v) is 5.00. The lowest BCUT2D eigenvalue weighted by Gasteiger charge is -2.22. The Hall–Kier alpha value is -1.37. The fourth-order valence-electron chi connectivity index (χ4n) is 2.80. The number of hydrogen-bond acceptors (Lipinski definition) is 5. The van der Waals surface area contributed by atoms with Gasteiger partial charge in [0, 0.05) is 23.7 Å². The number of aliphatic hydroxyl groups is 1. The van der Waals surface area contributed by atoms with E-state index in [1.165, 1.54) is 0 Å². The largest absolute Gasteiger partial charge is 0.472 e. The second-order valence-corrected chi connectivity index (χ2v) is 6.89. The number of hydrogen-bond donors (Lipinski definition) is 2. The zero-order chi connectivity index (χ0) is 18.0. The van der Waals surface area contributed by atoms with Crippen LogP contribution in [0.4, 0.5) is 0 Å². The van der Waals surface area contributed by atoms with Crippen molar-refractivity contribution in [3.63, 3.8) is 0 Å². The fraction of sp³-hybridized carbons (Fsp3) is 0.389. The Morgan fingerprint density at radius 1 is 1.28 bits per heavy atom. The lowest BCUT2D eigenvalue weighted by Crippen LogP contribution is -2.21. The number of aromatic nitrogens is 1. The Morgan fingerprint density at radius 3 is 2.72 bits per heavy atom. The molecule has 1 aliphatic heterocycles. The lowest BCUT2D eigenvalue weighted by atomic mass is 9.96. The second kappa shape index (κ2) is 7.89. The molecule has 0 saturated carbocycles. The highest BCUT2D eigenvalue weighted by Gasteiger charge is 2.23. The van der Waals surface area contributed by atoms with E-state index in [0.29, 0.717) is 46.0 Å². The minimum absolute atomic E-state index is 0.0288. The lowest BCUT2D eigenvalue weighted by molar-refractivity contribution is 0.136. The van der Waals surface area contributed by atoms with Crippen molar-refractivity contribution in [1.82, 2.24) is 4.98 Å². The Kier molecular flexibility index (Phi) is 5.81. The summed E-state index contributed by atoms with van der Waals surface area (Å²) in [6, 6.07) is 7.96. The van der Waals surface area contributed by atoms with E-state index in [-0.39, 0.29) is 6.10 Å². The van der Waals surface area contributed by atoms with Crippen LogP contribution in [0.25, 0.3) is 0 Å². The predicted molar refractivity (Wildman–Crippen MR) is 97.2 cm³/mol. The summed E-state index contributed by atoms with van der Waals surface area (Å²) >= 11 is 12.0. The highest BCUT2D eigenvalue weighted by molar-refractivity contribution is 6.42. The minimum Gasteiger partial charge on any atom is -0.472 e.